The molecule has 0 fully saturated rings. The van der Waals surface area contributed by atoms with E-state index in [0.29, 0.717) is 36.7 Å². The van der Waals surface area contributed by atoms with E-state index in [1.54, 1.807) is 11.0 Å². The predicted molar refractivity (Wildman–Crippen MR) is 98.9 cm³/mol. The van der Waals surface area contributed by atoms with Crippen LogP contribution in [0.3, 0.4) is 0 Å². The minimum Gasteiger partial charge on any atom is -0.380 e. The number of anilines is 1. The van der Waals surface area contributed by atoms with Crippen LogP contribution in [0.25, 0.3) is 0 Å². The molecular formula is C19H19N3O4. The molecule has 1 heterocycles. The van der Waals surface area contributed by atoms with Crippen molar-refractivity contribution in [1.29, 1.82) is 0 Å². The molecular weight excluding hydrogens is 334 g/mol. The van der Waals surface area contributed by atoms with Crippen LogP contribution in [0.5, 0.6) is 0 Å². The number of ether oxygens (including phenoxy) is 1. The summed E-state index contributed by atoms with van der Waals surface area (Å²) in [6, 6.07) is 13.9. The number of benzodiazepines with no additional fused rings is 1. The summed E-state index contributed by atoms with van der Waals surface area (Å²) in [4.78, 5) is 29.4. The van der Waals surface area contributed by atoms with Gasteiger partial charge in [-0.2, -0.15) is 0 Å². The van der Waals surface area contributed by atoms with Gasteiger partial charge in [-0.05, 0) is 13.0 Å². The number of benzene rings is 2. The van der Waals surface area contributed by atoms with Crippen molar-refractivity contribution < 1.29 is 14.5 Å². The molecule has 0 atom stereocenters. The van der Waals surface area contributed by atoms with Crippen molar-refractivity contribution in [3.05, 3.63) is 69.8 Å². The number of hydrogen-bond acceptors (Lipinski definition) is 5. The highest BCUT2D eigenvalue weighted by Crippen LogP contribution is 2.30. The van der Waals surface area contributed by atoms with Crippen LogP contribution in [0.15, 0.2) is 53.5 Å². The number of amides is 1. The van der Waals surface area contributed by atoms with Crippen LogP contribution >= 0.6 is 0 Å². The van der Waals surface area contributed by atoms with Crippen molar-refractivity contribution in [2.24, 2.45) is 4.99 Å². The zero-order valence-corrected chi connectivity index (χ0v) is 14.4. The van der Waals surface area contributed by atoms with Gasteiger partial charge in [-0.1, -0.05) is 30.3 Å². The van der Waals surface area contributed by atoms with Crippen LogP contribution in [0.1, 0.15) is 18.1 Å². The van der Waals surface area contributed by atoms with E-state index >= 15 is 0 Å². The summed E-state index contributed by atoms with van der Waals surface area (Å²) in [7, 11) is 0. The molecule has 26 heavy (non-hydrogen) atoms. The summed E-state index contributed by atoms with van der Waals surface area (Å²) in [5, 5.41) is 11.2. The second-order valence-corrected chi connectivity index (χ2v) is 5.73. The molecule has 0 saturated heterocycles. The quantitative estimate of drug-likeness (QED) is 0.454. The normalized spacial score (nSPS) is 13.8. The van der Waals surface area contributed by atoms with Gasteiger partial charge in [0.1, 0.15) is 6.54 Å². The molecule has 7 heteroatoms. The Kier molecular flexibility index (Phi) is 5.38. The van der Waals surface area contributed by atoms with Gasteiger partial charge in [0.25, 0.3) is 5.69 Å². The molecule has 0 unspecified atom stereocenters. The number of carbonyl (C=O) groups is 1. The first-order valence-corrected chi connectivity index (χ1v) is 8.38. The molecule has 1 aliphatic heterocycles. The van der Waals surface area contributed by atoms with E-state index in [0.717, 1.165) is 5.56 Å². The Hall–Kier alpha value is -3.06. The maximum Gasteiger partial charge on any atom is 0.270 e. The molecule has 0 bridgehead atoms. The Morgan fingerprint density at radius 2 is 2.00 bits per heavy atom. The Morgan fingerprint density at radius 1 is 1.23 bits per heavy atom. The minimum absolute atomic E-state index is 0.0150. The monoisotopic (exact) mass is 353 g/mol. The lowest BCUT2D eigenvalue weighted by atomic mass is 9.99. The average molecular weight is 353 g/mol. The molecule has 0 saturated carbocycles. The molecule has 7 nitrogen and oxygen atoms in total. The standard InChI is InChI=1S/C19H19N3O4/c1-2-26-11-10-21-17-9-8-15(22(24)25)12-16(17)19(20-13-18(21)23)14-6-4-3-5-7-14/h3-9,12H,2,10-11,13H2,1H3. The SMILES string of the molecule is CCOCCN1C(=O)CN=C(c2ccccc2)c2cc([N+](=O)[O-])ccc21. The van der Waals surface area contributed by atoms with E-state index in [1.807, 2.05) is 37.3 Å². The van der Waals surface area contributed by atoms with E-state index in [4.69, 9.17) is 4.74 Å². The summed E-state index contributed by atoms with van der Waals surface area (Å²) in [5.74, 6) is -0.161. The molecule has 0 spiro atoms. The first-order valence-electron chi connectivity index (χ1n) is 8.38. The van der Waals surface area contributed by atoms with Crippen LogP contribution in [0, 0.1) is 10.1 Å². The zero-order valence-electron chi connectivity index (χ0n) is 14.4. The lowest BCUT2D eigenvalue weighted by molar-refractivity contribution is -0.384. The topological polar surface area (TPSA) is 85.0 Å². The van der Waals surface area contributed by atoms with Gasteiger partial charge in [0, 0.05) is 36.4 Å². The van der Waals surface area contributed by atoms with Crippen molar-refractivity contribution >= 4 is 23.0 Å². The number of aliphatic imine (C=N–C) groups is 1. The smallest absolute Gasteiger partial charge is 0.270 e. The van der Waals surface area contributed by atoms with Crippen LogP contribution in [0.4, 0.5) is 11.4 Å². The molecule has 1 aliphatic rings. The van der Waals surface area contributed by atoms with E-state index < -0.39 is 4.92 Å². The third kappa shape index (κ3) is 3.62. The highest BCUT2D eigenvalue weighted by Gasteiger charge is 2.26. The van der Waals surface area contributed by atoms with Crippen LogP contribution < -0.4 is 4.90 Å². The maximum atomic E-state index is 12.6. The van der Waals surface area contributed by atoms with Crippen molar-refractivity contribution in [3.63, 3.8) is 0 Å². The van der Waals surface area contributed by atoms with Crippen molar-refractivity contribution in [2.45, 2.75) is 6.92 Å². The summed E-state index contributed by atoms with van der Waals surface area (Å²) in [6.07, 6.45) is 0. The molecule has 3 rings (SSSR count). The summed E-state index contributed by atoms with van der Waals surface area (Å²) < 4.78 is 5.37. The van der Waals surface area contributed by atoms with Gasteiger partial charge in [-0.25, -0.2) is 0 Å². The van der Waals surface area contributed by atoms with Gasteiger partial charge >= 0.3 is 0 Å². The largest absolute Gasteiger partial charge is 0.380 e. The maximum absolute atomic E-state index is 12.6. The number of hydrogen-bond donors (Lipinski definition) is 0. The van der Waals surface area contributed by atoms with Gasteiger partial charge in [0.2, 0.25) is 5.91 Å². The van der Waals surface area contributed by atoms with E-state index in [1.165, 1.54) is 12.1 Å². The summed E-state index contributed by atoms with van der Waals surface area (Å²) in [5.41, 5.74) is 2.55. The Morgan fingerprint density at radius 3 is 2.69 bits per heavy atom. The molecule has 2 aromatic carbocycles. The first kappa shape index (κ1) is 17.8. The second-order valence-electron chi connectivity index (χ2n) is 5.73. The van der Waals surface area contributed by atoms with E-state index in [2.05, 4.69) is 4.99 Å². The summed E-state index contributed by atoms with van der Waals surface area (Å²) in [6.45, 7) is 3.19. The lowest BCUT2D eigenvalue weighted by Gasteiger charge is -2.22. The van der Waals surface area contributed by atoms with Crippen molar-refractivity contribution in [3.8, 4) is 0 Å². The number of nitro benzene ring substituents is 1. The third-order valence-electron chi connectivity index (χ3n) is 4.12. The minimum atomic E-state index is -0.444. The number of fused-ring (bicyclic) bond motifs is 1. The first-order chi connectivity index (χ1) is 12.6. The molecule has 2 aromatic rings. The van der Waals surface area contributed by atoms with Gasteiger partial charge in [-0.3, -0.25) is 19.9 Å². The molecule has 134 valence electrons. The average Bonchev–Trinajstić information content (AvgIpc) is 2.79. The van der Waals surface area contributed by atoms with Gasteiger partial charge < -0.3 is 9.64 Å². The van der Waals surface area contributed by atoms with E-state index in [-0.39, 0.29) is 18.1 Å². The predicted octanol–water partition coefficient (Wildman–Crippen LogP) is 2.82. The van der Waals surface area contributed by atoms with Gasteiger partial charge in [0.05, 0.1) is 22.9 Å². The van der Waals surface area contributed by atoms with Crippen LogP contribution in [-0.4, -0.2) is 42.8 Å². The molecule has 1 amide bonds. The Bertz CT molecular complexity index is 849. The number of non-ortho nitro benzene ring substituents is 1. The molecule has 0 N–H and O–H groups in total. The lowest BCUT2D eigenvalue weighted by Crippen LogP contribution is -2.35. The number of nitro groups is 1. The second kappa shape index (κ2) is 7.88. The molecule has 0 aliphatic carbocycles. The fraction of sp³-hybridized carbons (Fsp3) is 0.263. The van der Waals surface area contributed by atoms with Crippen LogP contribution in [-0.2, 0) is 9.53 Å². The highest BCUT2D eigenvalue weighted by atomic mass is 16.6. The summed E-state index contributed by atoms with van der Waals surface area (Å²) >= 11 is 0. The molecule has 0 aromatic heterocycles. The van der Waals surface area contributed by atoms with Crippen LogP contribution in [0.2, 0.25) is 0 Å². The fourth-order valence-corrected chi connectivity index (χ4v) is 2.90. The van der Waals surface area contributed by atoms with Gasteiger partial charge in [-0.15, -0.1) is 0 Å². The Balaban J connectivity index is 2.11. The number of carbonyl (C=O) groups excluding carboxylic acids is 1. The van der Waals surface area contributed by atoms with Gasteiger partial charge in [0.15, 0.2) is 0 Å². The van der Waals surface area contributed by atoms with E-state index in [9.17, 15) is 14.9 Å². The number of nitrogens with zero attached hydrogens (tertiary/aromatic N) is 3. The highest BCUT2D eigenvalue weighted by molar-refractivity contribution is 6.19. The fourth-order valence-electron chi connectivity index (χ4n) is 2.90. The Labute approximate surface area is 151 Å². The molecule has 0 radical (unpaired) electrons. The van der Waals surface area contributed by atoms with Crippen molar-refractivity contribution in [2.75, 3.05) is 31.2 Å². The zero-order chi connectivity index (χ0) is 18.5. The third-order valence-corrected chi connectivity index (χ3v) is 4.12. The van der Waals surface area contributed by atoms with Crippen molar-refractivity contribution in [1.82, 2.24) is 0 Å². The number of rotatable bonds is 6.